The standard InChI is InChI=1S/C24H21N3O4S/c1-3-31-24(28)19-14(2)26-22-16-11-7-8-12-18(16)32(29,30)23(22)20(19)17-13-25-27-21(17)15-9-5-4-6-10-15/h4-13,20,26H,3H2,1-2H3,(H,25,27). The first kappa shape index (κ1) is 20.3. The van der Waals surface area contributed by atoms with Gasteiger partial charge in [0, 0.05) is 16.8 Å². The number of nitrogens with one attached hydrogen (secondary N) is 2. The molecule has 0 bridgehead atoms. The zero-order valence-electron chi connectivity index (χ0n) is 17.5. The van der Waals surface area contributed by atoms with Crippen molar-refractivity contribution >= 4 is 21.5 Å². The molecule has 0 aliphatic carbocycles. The van der Waals surface area contributed by atoms with Crippen LogP contribution < -0.4 is 5.32 Å². The van der Waals surface area contributed by atoms with Crippen molar-refractivity contribution in [2.45, 2.75) is 24.7 Å². The molecule has 5 rings (SSSR count). The maximum atomic E-state index is 13.7. The smallest absolute Gasteiger partial charge is 0.336 e. The molecule has 0 fully saturated rings. The first-order valence-corrected chi connectivity index (χ1v) is 11.8. The lowest BCUT2D eigenvalue weighted by Crippen LogP contribution is -2.29. The number of H-pyrrole nitrogens is 1. The van der Waals surface area contributed by atoms with Crippen LogP contribution in [0.15, 0.2) is 81.9 Å². The Labute approximate surface area is 185 Å². The molecule has 162 valence electrons. The fourth-order valence-corrected chi connectivity index (χ4v) is 6.39. The number of benzene rings is 2. The third-order valence-corrected chi connectivity index (χ3v) is 7.74. The van der Waals surface area contributed by atoms with Gasteiger partial charge in [0.15, 0.2) is 0 Å². The van der Waals surface area contributed by atoms with Gasteiger partial charge in [0.05, 0.1) is 45.5 Å². The van der Waals surface area contributed by atoms with Crippen LogP contribution in [0.5, 0.6) is 0 Å². The number of hydrogen-bond donors (Lipinski definition) is 2. The van der Waals surface area contributed by atoms with E-state index in [-0.39, 0.29) is 22.0 Å². The number of carbonyl (C=O) groups excluding carboxylic acids is 1. The van der Waals surface area contributed by atoms with Gasteiger partial charge in [-0.15, -0.1) is 0 Å². The van der Waals surface area contributed by atoms with Gasteiger partial charge >= 0.3 is 5.97 Å². The van der Waals surface area contributed by atoms with Crippen molar-refractivity contribution in [3.8, 4) is 11.3 Å². The number of aromatic nitrogens is 2. The fraction of sp³-hybridized carbons (Fsp3) is 0.167. The molecule has 1 atom stereocenters. The number of carbonyl (C=O) groups is 1. The summed E-state index contributed by atoms with van der Waals surface area (Å²) >= 11 is 0. The van der Waals surface area contributed by atoms with Crippen LogP contribution in [-0.2, 0) is 19.4 Å². The number of fused-ring (bicyclic) bond motifs is 2. The van der Waals surface area contributed by atoms with Crippen LogP contribution in [0.4, 0.5) is 0 Å². The van der Waals surface area contributed by atoms with Gasteiger partial charge in [-0.2, -0.15) is 5.10 Å². The summed E-state index contributed by atoms with van der Waals surface area (Å²) in [4.78, 5) is 13.4. The van der Waals surface area contributed by atoms with Crippen LogP contribution in [0.25, 0.3) is 17.0 Å². The maximum absolute atomic E-state index is 13.7. The highest BCUT2D eigenvalue weighted by Gasteiger charge is 2.47. The van der Waals surface area contributed by atoms with Gasteiger partial charge in [-0.25, -0.2) is 13.2 Å². The molecular formula is C24H21N3O4S. The topological polar surface area (TPSA) is 101 Å². The van der Waals surface area contributed by atoms with Crippen molar-refractivity contribution in [2.24, 2.45) is 0 Å². The van der Waals surface area contributed by atoms with Gasteiger partial charge in [0.1, 0.15) is 0 Å². The van der Waals surface area contributed by atoms with Gasteiger partial charge in [0.25, 0.3) is 0 Å². The number of dihydropyridines is 1. The van der Waals surface area contributed by atoms with Gasteiger partial charge < -0.3 is 10.1 Å². The van der Waals surface area contributed by atoms with Crippen molar-refractivity contribution < 1.29 is 17.9 Å². The van der Waals surface area contributed by atoms with E-state index in [4.69, 9.17) is 4.74 Å². The Bertz CT molecular complexity index is 1400. The summed E-state index contributed by atoms with van der Waals surface area (Å²) in [5.41, 5.74) is 4.01. The predicted molar refractivity (Wildman–Crippen MR) is 120 cm³/mol. The molecule has 1 unspecified atom stereocenters. The van der Waals surface area contributed by atoms with Crippen molar-refractivity contribution in [3.05, 3.63) is 88.1 Å². The van der Waals surface area contributed by atoms with E-state index in [0.29, 0.717) is 28.2 Å². The lowest BCUT2D eigenvalue weighted by Gasteiger charge is -2.28. The van der Waals surface area contributed by atoms with E-state index in [0.717, 1.165) is 5.56 Å². The van der Waals surface area contributed by atoms with Crippen molar-refractivity contribution in [3.63, 3.8) is 0 Å². The number of rotatable bonds is 4. The summed E-state index contributed by atoms with van der Waals surface area (Å²) in [5, 5.41) is 10.4. The lowest BCUT2D eigenvalue weighted by molar-refractivity contribution is -0.138. The predicted octanol–water partition coefficient (Wildman–Crippen LogP) is 3.76. The molecule has 8 heteroatoms. The Morgan fingerprint density at radius 1 is 1.09 bits per heavy atom. The third-order valence-electron chi connectivity index (χ3n) is 5.79. The summed E-state index contributed by atoms with van der Waals surface area (Å²) in [6.45, 7) is 3.66. The first-order valence-electron chi connectivity index (χ1n) is 10.3. The summed E-state index contributed by atoms with van der Waals surface area (Å²) in [7, 11) is -3.85. The van der Waals surface area contributed by atoms with Crippen LogP contribution in [0, 0.1) is 0 Å². The first-order chi connectivity index (χ1) is 15.4. The largest absolute Gasteiger partial charge is 0.463 e. The van der Waals surface area contributed by atoms with E-state index in [1.54, 1.807) is 44.3 Å². The summed E-state index contributed by atoms with van der Waals surface area (Å²) < 4.78 is 32.7. The van der Waals surface area contributed by atoms with Crippen molar-refractivity contribution in [1.29, 1.82) is 0 Å². The number of sulfone groups is 1. The molecule has 0 amide bonds. The van der Waals surface area contributed by atoms with Crippen molar-refractivity contribution in [2.75, 3.05) is 6.61 Å². The SMILES string of the molecule is CCOC(=O)C1=C(C)NC2=C(C1c1cn[nH]c1-c1ccccc1)S(=O)(=O)c1ccccc12. The lowest BCUT2D eigenvalue weighted by atomic mass is 9.84. The van der Waals surface area contributed by atoms with E-state index in [9.17, 15) is 13.2 Å². The van der Waals surface area contributed by atoms with Gasteiger partial charge in [-0.3, -0.25) is 5.10 Å². The molecule has 3 heterocycles. The zero-order chi connectivity index (χ0) is 22.5. The Hall–Kier alpha value is -3.65. The minimum absolute atomic E-state index is 0.144. The minimum Gasteiger partial charge on any atom is -0.463 e. The van der Waals surface area contributed by atoms with E-state index in [1.165, 1.54) is 0 Å². The summed E-state index contributed by atoms with van der Waals surface area (Å²) in [6, 6.07) is 16.4. The fourth-order valence-electron chi connectivity index (χ4n) is 4.45. The monoisotopic (exact) mass is 447 g/mol. The molecule has 2 aliphatic heterocycles. The summed E-state index contributed by atoms with van der Waals surface area (Å²) in [6.07, 6.45) is 1.59. The van der Waals surface area contributed by atoms with E-state index in [2.05, 4.69) is 15.5 Å². The molecule has 3 aromatic rings. The molecule has 0 spiro atoms. The second kappa shape index (κ2) is 7.49. The number of allylic oxidation sites excluding steroid dienone is 2. The quantitative estimate of drug-likeness (QED) is 0.591. The van der Waals surface area contributed by atoms with Crippen LogP contribution in [-0.4, -0.2) is 31.2 Å². The number of nitrogens with zero attached hydrogens (tertiary/aromatic N) is 1. The van der Waals surface area contributed by atoms with Crippen LogP contribution >= 0.6 is 0 Å². The normalized spacial score (nSPS) is 18.8. The van der Waals surface area contributed by atoms with Crippen molar-refractivity contribution in [1.82, 2.24) is 15.5 Å². The number of esters is 1. The van der Waals surface area contributed by atoms with E-state index < -0.39 is 21.7 Å². The summed E-state index contributed by atoms with van der Waals surface area (Å²) in [5.74, 6) is -1.42. The molecule has 2 aromatic carbocycles. The second-order valence-corrected chi connectivity index (χ2v) is 9.51. The van der Waals surface area contributed by atoms with Gasteiger partial charge in [0.2, 0.25) is 9.84 Å². The van der Waals surface area contributed by atoms with Crippen LogP contribution in [0.2, 0.25) is 0 Å². The molecular weight excluding hydrogens is 426 g/mol. The Kier molecular flexibility index (Phi) is 4.74. The molecule has 2 N–H and O–H groups in total. The number of ether oxygens (including phenoxy) is 1. The number of aromatic amines is 1. The highest BCUT2D eigenvalue weighted by molar-refractivity contribution is 7.96. The molecule has 0 saturated carbocycles. The highest BCUT2D eigenvalue weighted by atomic mass is 32.2. The second-order valence-electron chi connectivity index (χ2n) is 7.62. The highest BCUT2D eigenvalue weighted by Crippen LogP contribution is 2.51. The van der Waals surface area contributed by atoms with Gasteiger partial charge in [-0.1, -0.05) is 48.5 Å². The Morgan fingerprint density at radius 3 is 2.56 bits per heavy atom. The average molecular weight is 448 g/mol. The Morgan fingerprint density at radius 2 is 1.81 bits per heavy atom. The van der Waals surface area contributed by atoms with E-state index in [1.807, 2.05) is 30.3 Å². The van der Waals surface area contributed by atoms with Crippen LogP contribution in [0.1, 0.15) is 30.9 Å². The number of hydrogen-bond acceptors (Lipinski definition) is 6. The molecule has 0 radical (unpaired) electrons. The molecule has 7 nitrogen and oxygen atoms in total. The maximum Gasteiger partial charge on any atom is 0.336 e. The minimum atomic E-state index is -3.85. The average Bonchev–Trinajstić information content (AvgIpc) is 3.36. The van der Waals surface area contributed by atoms with Gasteiger partial charge in [-0.05, 0) is 25.5 Å². The molecule has 2 aliphatic rings. The van der Waals surface area contributed by atoms with E-state index >= 15 is 0 Å². The van der Waals surface area contributed by atoms with Crippen LogP contribution in [0.3, 0.4) is 0 Å². The molecule has 32 heavy (non-hydrogen) atoms. The molecule has 1 aromatic heterocycles. The third kappa shape index (κ3) is 2.90. The Balaban J connectivity index is 1.79. The zero-order valence-corrected chi connectivity index (χ0v) is 18.4. The molecule has 0 saturated heterocycles.